The molecule has 0 saturated carbocycles. The Morgan fingerprint density at radius 2 is 1.87 bits per heavy atom. The van der Waals surface area contributed by atoms with Crippen LogP contribution in [0.5, 0.6) is 0 Å². The van der Waals surface area contributed by atoms with Crippen molar-refractivity contribution in [1.82, 2.24) is 19.8 Å². The lowest BCUT2D eigenvalue weighted by molar-refractivity contribution is -0.131. The first-order chi connectivity index (χ1) is 15.1. The predicted octanol–water partition coefficient (Wildman–Crippen LogP) is 3.43. The highest BCUT2D eigenvalue weighted by atomic mass is 16.2. The summed E-state index contributed by atoms with van der Waals surface area (Å²) in [4.78, 5) is 29.1. The van der Waals surface area contributed by atoms with Crippen LogP contribution in [0.15, 0.2) is 54.7 Å². The molecule has 5 rings (SSSR count). The van der Waals surface area contributed by atoms with E-state index in [-0.39, 0.29) is 11.9 Å². The van der Waals surface area contributed by atoms with Crippen molar-refractivity contribution in [2.75, 3.05) is 38.6 Å². The van der Waals surface area contributed by atoms with Gasteiger partial charge in [0.2, 0.25) is 11.9 Å². The first-order valence-electron chi connectivity index (χ1n) is 11.1. The summed E-state index contributed by atoms with van der Waals surface area (Å²) in [6.07, 6.45) is 4.71. The molecule has 2 saturated heterocycles. The van der Waals surface area contributed by atoms with Crippen LogP contribution in [0, 0.1) is 0 Å². The van der Waals surface area contributed by atoms with E-state index in [0.717, 1.165) is 50.2 Å². The highest BCUT2D eigenvalue weighted by Gasteiger charge is 2.38. The zero-order valence-corrected chi connectivity index (χ0v) is 18.2. The fraction of sp³-hybridized carbons (Fsp3) is 0.400. The molecule has 0 spiro atoms. The first-order valence-corrected chi connectivity index (χ1v) is 11.1. The highest BCUT2D eigenvalue weighted by molar-refractivity contribution is 5.87. The van der Waals surface area contributed by atoms with Crippen molar-refractivity contribution in [3.05, 3.63) is 54.7 Å². The second kappa shape index (κ2) is 8.27. The number of hydrogen-bond donors (Lipinski definition) is 0. The maximum atomic E-state index is 13.3. The zero-order valence-electron chi connectivity index (χ0n) is 18.2. The number of aromatic nitrogens is 2. The minimum atomic E-state index is -0.159. The molecule has 0 radical (unpaired) electrons. The molecule has 2 aromatic carbocycles. The third-order valence-corrected chi connectivity index (χ3v) is 6.69. The van der Waals surface area contributed by atoms with E-state index in [4.69, 9.17) is 4.98 Å². The van der Waals surface area contributed by atoms with Crippen LogP contribution in [-0.2, 0) is 4.79 Å². The molecule has 1 amide bonds. The van der Waals surface area contributed by atoms with Gasteiger partial charge >= 0.3 is 0 Å². The van der Waals surface area contributed by atoms with Crippen LogP contribution >= 0.6 is 0 Å². The molecule has 2 aliphatic rings. The van der Waals surface area contributed by atoms with Crippen molar-refractivity contribution < 1.29 is 4.79 Å². The summed E-state index contributed by atoms with van der Waals surface area (Å²) in [6, 6.07) is 17.0. The van der Waals surface area contributed by atoms with E-state index in [1.54, 1.807) is 0 Å². The lowest BCUT2D eigenvalue weighted by atomic mass is 10.1. The van der Waals surface area contributed by atoms with Crippen molar-refractivity contribution in [2.45, 2.75) is 31.3 Å². The van der Waals surface area contributed by atoms with Crippen molar-refractivity contribution >= 4 is 22.6 Å². The van der Waals surface area contributed by atoms with E-state index in [2.05, 4.69) is 71.3 Å². The SMILES string of the molecule is CN(C)[C@H]1CCN(C(=O)[C@H]2CCCN2c2nccc(-c3ccc4ccccc4c3)n2)C1. The summed E-state index contributed by atoms with van der Waals surface area (Å²) in [5.41, 5.74) is 1.96. The van der Waals surface area contributed by atoms with Crippen molar-refractivity contribution in [3.8, 4) is 11.3 Å². The fourth-order valence-corrected chi connectivity index (χ4v) is 4.83. The molecule has 2 aliphatic heterocycles. The van der Waals surface area contributed by atoms with E-state index in [1.165, 1.54) is 10.8 Å². The zero-order chi connectivity index (χ0) is 21.4. The molecule has 0 unspecified atom stereocenters. The van der Waals surface area contributed by atoms with Crippen LogP contribution < -0.4 is 4.90 Å². The van der Waals surface area contributed by atoms with Gasteiger partial charge in [-0.25, -0.2) is 9.97 Å². The molecular formula is C25H29N5O. The predicted molar refractivity (Wildman–Crippen MR) is 124 cm³/mol. The number of rotatable bonds is 4. The number of likely N-dealkylation sites (N-methyl/N-ethyl adjacent to an activating group) is 1. The van der Waals surface area contributed by atoms with Gasteiger partial charge in [-0.05, 0) is 56.3 Å². The average molecular weight is 416 g/mol. The topological polar surface area (TPSA) is 52.6 Å². The Morgan fingerprint density at radius 1 is 1.03 bits per heavy atom. The summed E-state index contributed by atoms with van der Waals surface area (Å²) in [6.45, 7) is 2.47. The maximum absolute atomic E-state index is 13.3. The highest BCUT2D eigenvalue weighted by Crippen LogP contribution is 2.28. The summed E-state index contributed by atoms with van der Waals surface area (Å²) in [5, 5.41) is 2.41. The quantitative estimate of drug-likeness (QED) is 0.654. The second-order valence-electron chi connectivity index (χ2n) is 8.85. The molecule has 1 aromatic heterocycles. The van der Waals surface area contributed by atoms with E-state index in [0.29, 0.717) is 12.0 Å². The summed E-state index contributed by atoms with van der Waals surface area (Å²) >= 11 is 0. The Labute approximate surface area is 183 Å². The van der Waals surface area contributed by atoms with Gasteiger partial charge < -0.3 is 14.7 Å². The number of carbonyl (C=O) groups excluding carboxylic acids is 1. The Balaban J connectivity index is 1.39. The van der Waals surface area contributed by atoms with E-state index in [9.17, 15) is 4.79 Å². The van der Waals surface area contributed by atoms with Crippen molar-refractivity contribution in [1.29, 1.82) is 0 Å². The maximum Gasteiger partial charge on any atom is 0.245 e. The molecule has 6 heteroatoms. The summed E-state index contributed by atoms with van der Waals surface area (Å²) in [7, 11) is 4.18. The standard InChI is InChI=1S/C25H29N5O/c1-28(2)21-12-15-29(17-21)24(31)23-8-5-14-30(23)25-26-13-11-22(27-25)20-10-9-18-6-3-4-7-19(18)16-20/h3-4,6-7,9-11,13,16,21,23H,5,8,12,14-15,17H2,1-2H3/t21-,23+/m0/s1. The lowest BCUT2D eigenvalue weighted by Gasteiger charge is -2.28. The van der Waals surface area contributed by atoms with Crippen LogP contribution in [0.4, 0.5) is 5.95 Å². The molecule has 2 fully saturated rings. The van der Waals surface area contributed by atoms with Crippen LogP contribution in [0.3, 0.4) is 0 Å². The van der Waals surface area contributed by atoms with Crippen molar-refractivity contribution in [3.63, 3.8) is 0 Å². The molecule has 160 valence electrons. The monoisotopic (exact) mass is 415 g/mol. The van der Waals surface area contributed by atoms with Gasteiger partial charge in [-0.1, -0.05) is 36.4 Å². The van der Waals surface area contributed by atoms with Gasteiger partial charge in [0.05, 0.1) is 5.69 Å². The Kier molecular flexibility index (Phi) is 5.32. The number of likely N-dealkylation sites (tertiary alicyclic amines) is 1. The van der Waals surface area contributed by atoms with Gasteiger partial charge in [0.15, 0.2) is 0 Å². The molecule has 3 aromatic rings. The van der Waals surface area contributed by atoms with Gasteiger partial charge in [0.1, 0.15) is 6.04 Å². The number of hydrogen-bond acceptors (Lipinski definition) is 5. The molecule has 0 aliphatic carbocycles. The number of fused-ring (bicyclic) bond motifs is 1. The lowest BCUT2D eigenvalue weighted by Crippen LogP contribution is -2.46. The third-order valence-electron chi connectivity index (χ3n) is 6.69. The third kappa shape index (κ3) is 3.88. The minimum Gasteiger partial charge on any atom is -0.339 e. The smallest absolute Gasteiger partial charge is 0.245 e. The number of nitrogens with zero attached hydrogens (tertiary/aromatic N) is 5. The first kappa shape index (κ1) is 19.9. The van der Waals surface area contributed by atoms with Crippen LogP contribution in [0.1, 0.15) is 19.3 Å². The second-order valence-corrected chi connectivity index (χ2v) is 8.85. The number of amides is 1. The van der Waals surface area contributed by atoms with Gasteiger partial charge in [0, 0.05) is 37.4 Å². The van der Waals surface area contributed by atoms with Crippen LogP contribution in [0.2, 0.25) is 0 Å². The average Bonchev–Trinajstić information content (AvgIpc) is 3.49. The van der Waals surface area contributed by atoms with Gasteiger partial charge in [0.25, 0.3) is 0 Å². The van der Waals surface area contributed by atoms with Crippen LogP contribution in [-0.4, -0.2) is 71.5 Å². The number of benzene rings is 2. The van der Waals surface area contributed by atoms with E-state index in [1.807, 2.05) is 17.2 Å². The molecule has 3 heterocycles. The number of carbonyl (C=O) groups is 1. The van der Waals surface area contributed by atoms with E-state index < -0.39 is 0 Å². The summed E-state index contributed by atoms with van der Waals surface area (Å²) < 4.78 is 0. The summed E-state index contributed by atoms with van der Waals surface area (Å²) in [5.74, 6) is 0.881. The molecule has 0 N–H and O–H groups in total. The largest absolute Gasteiger partial charge is 0.339 e. The van der Waals surface area contributed by atoms with Crippen molar-refractivity contribution in [2.24, 2.45) is 0 Å². The molecular weight excluding hydrogens is 386 g/mol. The molecule has 6 nitrogen and oxygen atoms in total. The molecule has 2 atom stereocenters. The minimum absolute atomic E-state index is 0.159. The van der Waals surface area contributed by atoms with Gasteiger partial charge in [-0.15, -0.1) is 0 Å². The van der Waals surface area contributed by atoms with Gasteiger partial charge in [-0.3, -0.25) is 4.79 Å². The fourth-order valence-electron chi connectivity index (χ4n) is 4.83. The van der Waals surface area contributed by atoms with Gasteiger partial charge in [-0.2, -0.15) is 0 Å². The Morgan fingerprint density at radius 3 is 2.68 bits per heavy atom. The Bertz CT molecular complexity index is 1100. The normalized spacial score (nSPS) is 21.4. The molecule has 31 heavy (non-hydrogen) atoms. The van der Waals surface area contributed by atoms with E-state index >= 15 is 0 Å². The molecule has 0 bridgehead atoms. The van der Waals surface area contributed by atoms with Crippen LogP contribution in [0.25, 0.3) is 22.0 Å². The Hall–Kier alpha value is -2.99. The number of anilines is 1.